The van der Waals surface area contributed by atoms with E-state index in [-0.39, 0.29) is 5.92 Å². The Balaban J connectivity index is 2.37. The molecule has 13 heavy (non-hydrogen) atoms. The molecule has 1 heterocycles. The molecule has 70 valence electrons. The summed E-state index contributed by atoms with van der Waals surface area (Å²) >= 11 is 0. The highest BCUT2D eigenvalue weighted by atomic mass is 15.3. The van der Waals surface area contributed by atoms with E-state index >= 15 is 0 Å². The van der Waals surface area contributed by atoms with Crippen LogP contribution < -0.4 is 0 Å². The first-order valence-corrected chi connectivity index (χ1v) is 4.58. The second-order valence-corrected chi connectivity index (χ2v) is 3.09. The van der Waals surface area contributed by atoms with Gasteiger partial charge in [0.05, 0.1) is 18.5 Å². The standard InChI is InChI=1S/C9H14N4/c1-2-3-4-9(5-10)6-13-8-11-7-12-13/h7-9H,2-4,6H2,1H3. The summed E-state index contributed by atoms with van der Waals surface area (Å²) in [5, 5.41) is 12.8. The zero-order chi connectivity index (χ0) is 9.52. The van der Waals surface area contributed by atoms with Crippen molar-refractivity contribution in [1.82, 2.24) is 14.8 Å². The van der Waals surface area contributed by atoms with E-state index in [4.69, 9.17) is 5.26 Å². The van der Waals surface area contributed by atoms with Gasteiger partial charge in [-0.25, -0.2) is 4.98 Å². The molecule has 0 radical (unpaired) electrons. The van der Waals surface area contributed by atoms with Crippen LogP contribution in [-0.2, 0) is 6.54 Å². The Kier molecular flexibility index (Phi) is 3.97. The minimum absolute atomic E-state index is 0.0710. The van der Waals surface area contributed by atoms with E-state index in [2.05, 4.69) is 23.1 Å². The van der Waals surface area contributed by atoms with Gasteiger partial charge < -0.3 is 0 Å². The molecule has 1 aromatic rings. The summed E-state index contributed by atoms with van der Waals surface area (Å²) in [5.41, 5.74) is 0. The number of unbranched alkanes of at least 4 members (excludes halogenated alkanes) is 1. The highest BCUT2D eigenvalue weighted by Gasteiger charge is 2.07. The summed E-state index contributed by atoms with van der Waals surface area (Å²) in [5.74, 6) is 0.0710. The fourth-order valence-electron chi connectivity index (χ4n) is 1.20. The lowest BCUT2D eigenvalue weighted by Gasteiger charge is -2.06. The molecule has 0 bridgehead atoms. The molecule has 1 unspecified atom stereocenters. The molecule has 4 heteroatoms. The van der Waals surface area contributed by atoms with E-state index in [9.17, 15) is 0 Å². The Morgan fingerprint density at radius 3 is 3.00 bits per heavy atom. The second kappa shape index (κ2) is 5.31. The first-order valence-electron chi connectivity index (χ1n) is 4.58. The third kappa shape index (κ3) is 3.24. The molecule has 0 aliphatic heterocycles. The molecular formula is C9H14N4. The predicted molar refractivity (Wildman–Crippen MR) is 48.7 cm³/mol. The molecule has 0 N–H and O–H groups in total. The fourth-order valence-corrected chi connectivity index (χ4v) is 1.20. The summed E-state index contributed by atoms with van der Waals surface area (Å²) in [6.45, 7) is 2.79. The molecule has 0 fully saturated rings. The van der Waals surface area contributed by atoms with E-state index in [0.29, 0.717) is 6.54 Å². The maximum atomic E-state index is 8.84. The van der Waals surface area contributed by atoms with Crippen LogP contribution in [0.15, 0.2) is 12.7 Å². The Morgan fingerprint density at radius 1 is 1.62 bits per heavy atom. The fraction of sp³-hybridized carbons (Fsp3) is 0.667. The SMILES string of the molecule is CCCCC(C#N)Cn1cncn1. The monoisotopic (exact) mass is 178 g/mol. The Bertz CT molecular complexity index is 260. The molecule has 0 saturated carbocycles. The molecule has 1 rings (SSSR count). The molecule has 1 atom stereocenters. The van der Waals surface area contributed by atoms with Crippen LogP contribution in [0.25, 0.3) is 0 Å². The van der Waals surface area contributed by atoms with Crippen LogP contribution >= 0.6 is 0 Å². The number of hydrogen-bond acceptors (Lipinski definition) is 3. The van der Waals surface area contributed by atoms with Crippen molar-refractivity contribution in [3.63, 3.8) is 0 Å². The third-order valence-electron chi connectivity index (χ3n) is 1.96. The molecule has 0 aromatic carbocycles. The molecule has 0 spiro atoms. The first-order chi connectivity index (χ1) is 6.36. The van der Waals surface area contributed by atoms with Gasteiger partial charge in [0.25, 0.3) is 0 Å². The number of nitrogens with zero attached hydrogens (tertiary/aromatic N) is 4. The molecular weight excluding hydrogens is 164 g/mol. The maximum Gasteiger partial charge on any atom is 0.137 e. The highest BCUT2D eigenvalue weighted by molar-refractivity contribution is 4.82. The second-order valence-electron chi connectivity index (χ2n) is 3.09. The minimum Gasteiger partial charge on any atom is -0.252 e. The van der Waals surface area contributed by atoms with Crippen molar-refractivity contribution >= 4 is 0 Å². The van der Waals surface area contributed by atoms with Crippen LogP contribution in [0, 0.1) is 17.2 Å². The van der Waals surface area contributed by atoms with Crippen molar-refractivity contribution in [2.45, 2.75) is 32.7 Å². The van der Waals surface area contributed by atoms with Crippen molar-refractivity contribution < 1.29 is 0 Å². The van der Waals surface area contributed by atoms with Gasteiger partial charge in [-0.1, -0.05) is 19.8 Å². The largest absolute Gasteiger partial charge is 0.252 e. The molecule has 0 amide bonds. The molecule has 1 aromatic heterocycles. The minimum atomic E-state index is 0.0710. The Morgan fingerprint density at radius 2 is 2.46 bits per heavy atom. The summed E-state index contributed by atoms with van der Waals surface area (Å²) in [6.07, 6.45) is 6.33. The van der Waals surface area contributed by atoms with Crippen LogP contribution in [0.4, 0.5) is 0 Å². The van der Waals surface area contributed by atoms with Gasteiger partial charge in [-0.2, -0.15) is 10.4 Å². The maximum absolute atomic E-state index is 8.84. The molecule has 4 nitrogen and oxygen atoms in total. The number of hydrogen-bond donors (Lipinski definition) is 0. The van der Waals surface area contributed by atoms with E-state index in [1.54, 1.807) is 11.0 Å². The van der Waals surface area contributed by atoms with Crippen molar-refractivity contribution in [3.05, 3.63) is 12.7 Å². The van der Waals surface area contributed by atoms with Crippen LogP contribution in [0.5, 0.6) is 0 Å². The van der Waals surface area contributed by atoms with E-state index in [1.165, 1.54) is 6.33 Å². The average Bonchev–Trinajstić information content (AvgIpc) is 2.64. The highest BCUT2D eigenvalue weighted by Crippen LogP contribution is 2.09. The van der Waals surface area contributed by atoms with Crippen molar-refractivity contribution in [2.75, 3.05) is 0 Å². The van der Waals surface area contributed by atoms with Gasteiger partial charge in [-0.15, -0.1) is 0 Å². The number of aromatic nitrogens is 3. The van der Waals surface area contributed by atoms with Gasteiger partial charge in [0, 0.05) is 0 Å². The van der Waals surface area contributed by atoms with Gasteiger partial charge in [0.2, 0.25) is 0 Å². The zero-order valence-corrected chi connectivity index (χ0v) is 7.85. The van der Waals surface area contributed by atoms with E-state index < -0.39 is 0 Å². The van der Waals surface area contributed by atoms with Crippen molar-refractivity contribution in [3.8, 4) is 6.07 Å². The van der Waals surface area contributed by atoms with E-state index in [0.717, 1.165) is 19.3 Å². The number of nitriles is 1. The summed E-state index contributed by atoms with van der Waals surface area (Å²) in [6, 6.07) is 2.29. The van der Waals surface area contributed by atoms with Crippen molar-refractivity contribution in [1.29, 1.82) is 5.26 Å². The van der Waals surface area contributed by atoms with Gasteiger partial charge in [0.15, 0.2) is 0 Å². The summed E-state index contributed by atoms with van der Waals surface area (Å²) < 4.78 is 1.71. The molecule has 0 aliphatic carbocycles. The van der Waals surface area contributed by atoms with Crippen LogP contribution in [0.3, 0.4) is 0 Å². The zero-order valence-electron chi connectivity index (χ0n) is 7.85. The van der Waals surface area contributed by atoms with Crippen LogP contribution in [-0.4, -0.2) is 14.8 Å². The summed E-state index contributed by atoms with van der Waals surface area (Å²) in [4.78, 5) is 3.83. The normalized spacial score (nSPS) is 12.3. The topological polar surface area (TPSA) is 54.5 Å². The van der Waals surface area contributed by atoms with Gasteiger partial charge in [-0.3, -0.25) is 4.68 Å². The summed E-state index contributed by atoms with van der Waals surface area (Å²) in [7, 11) is 0. The van der Waals surface area contributed by atoms with Gasteiger partial charge >= 0.3 is 0 Å². The lowest BCUT2D eigenvalue weighted by atomic mass is 10.0. The van der Waals surface area contributed by atoms with E-state index in [1.807, 2.05) is 0 Å². The Hall–Kier alpha value is -1.37. The van der Waals surface area contributed by atoms with Gasteiger partial charge in [0.1, 0.15) is 12.7 Å². The lowest BCUT2D eigenvalue weighted by molar-refractivity contribution is 0.457. The quantitative estimate of drug-likeness (QED) is 0.688. The lowest BCUT2D eigenvalue weighted by Crippen LogP contribution is -2.09. The third-order valence-corrected chi connectivity index (χ3v) is 1.96. The predicted octanol–water partition coefficient (Wildman–Crippen LogP) is 1.61. The first kappa shape index (κ1) is 9.72. The van der Waals surface area contributed by atoms with Crippen molar-refractivity contribution in [2.24, 2.45) is 5.92 Å². The molecule has 0 saturated heterocycles. The van der Waals surface area contributed by atoms with Crippen LogP contribution in [0.1, 0.15) is 26.2 Å². The number of rotatable bonds is 5. The average molecular weight is 178 g/mol. The van der Waals surface area contributed by atoms with Crippen LogP contribution in [0.2, 0.25) is 0 Å². The van der Waals surface area contributed by atoms with Gasteiger partial charge in [-0.05, 0) is 6.42 Å². The smallest absolute Gasteiger partial charge is 0.137 e. The Labute approximate surface area is 78.2 Å². The molecule has 0 aliphatic rings.